The Labute approximate surface area is 154 Å². The van der Waals surface area contributed by atoms with Crippen LogP contribution in [0.5, 0.6) is 0 Å². The number of nitrogens with zero attached hydrogens (tertiary/aromatic N) is 2. The van der Waals surface area contributed by atoms with Crippen LogP contribution in [0.2, 0.25) is 0 Å². The fourth-order valence-electron chi connectivity index (χ4n) is 3.38. The summed E-state index contributed by atoms with van der Waals surface area (Å²) in [7, 11) is 1.77. The number of guanidine groups is 1. The highest BCUT2D eigenvalue weighted by atomic mass is 16.5. The number of aliphatic hydroxyl groups is 1. The summed E-state index contributed by atoms with van der Waals surface area (Å²) in [5, 5.41) is 16.2. The number of aliphatic imine (C=N–C) groups is 1. The van der Waals surface area contributed by atoms with E-state index in [2.05, 4.69) is 29.4 Å². The lowest BCUT2D eigenvalue weighted by Gasteiger charge is -2.33. The molecule has 0 aromatic heterocycles. The normalized spacial score (nSPS) is 18.3. The van der Waals surface area contributed by atoms with Crippen molar-refractivity contribution in [2.24, 2.45) is 10.9 Å². The van der Waals surface area contributed by atoms with Crippen molar-refractivity contribution in [3.63, 3.8) is 0 Å². The minimum absolute atomic E-state index is 0.256. The molecule has 25 heavy (non-hydrogen) atoms. The number of methoxy groups -OCH3 is 1. The van der Waals surface area contributed by atoms with Gasteiger partial charge in [0.05, 0.1) is 0 Å². The van der Waals surface area contributed by atoms with Gasteiger partial charge in [0.15, 0.2) is 5.96 Å². The predicted molar refractivity (Wildman–Crippen MR) is 105 cm³/mol. The number of nitrogens with one attached hydrogen (secondary N) is 2. The second-order valence-electron chi connectivity index (χ2n) is 6.99. The van der Waals surface area contributed by atoms with Gasteiger partial charge in [-0.2, -0.15) is 0 Å². The van der Waals surface area contributed by atoms with Crippen molar-refractivity contribution in [3.8, 4) is 0 Å². The number of aliphatic hydroxyl groups excluding tert-OH is 1. The van der Waals surface area contributed by atoms with Crippen molar-refractivity contribution in [2.75, 3.05) is 53.0 Å². The highest BCUT2D eigenvalue weighted by Gasteiger charge is 2.19. The largest absolute Gasteiger partial charge is 0.396 e. The van der Waals surface area contributed by atoms with Crippen LogP contribution in [-0.2, 0) is 4.74 Å². The molecule has 0 aromatic rings. The molecular formula is C19H40N4O2. The molecule has 0 amide bonds. The van der Waals surface area contributed by atoms with Crippen molar-refractivity contribution in [2.45, 2.75) is 58.4 Å². The standard InChI is InChI=1S/C19H40N4O2/c1-4-7-17(10-14-24)16-21-19(20-5-2)22-18-8-12-23(13-9-18)11-6-15-25-3/h17-18,24H,4-16H2,1-3H3,(H2,20,21,22). The third-order valence-corrected chi connectivity index (χ3v) is 4.84. The molecule has 1 atom stereocenters. The maximum Gasteiger partial charge on any atom is 0.191 e. The Morgan fingerprint density at radius 2 is 2.04 bits per heavy atom. The van der Waals surface area contributed by atoms with Crippen molar-refractivity contribution >= 4 is 5.96 Å². The molecule has 3 N–H and O–H groups in total. The maximum atomic E-state index is 9.20. The van der Waals surface area contributed by atoms with Crippen molar-refractivity contribution in [1.29, 1.82) is 0 Å². The summed E-state index contributed by atoms with van der Waals surface area (Å²) in [5.74, 6) is 1.41. The molecule has 1 aliphatic rings. The van der Waals surface area contributed by atoms with E-state index < -0.39 is 0 Å². The summed E-state index contributed by atoms with van der Waals surface area (Å²) in [6.45, 7) is 10.5. The molecule has 1 fully saturated rings. The lowest BCUT2D eigenvalue weighted by molar-refractivity contribution is 0.155. The molecule has 0 saturated carbocycles. The van der Waals surface area contributed by atoms with Gasteiger partial charge < -0.3 is 25.4 Å². The zero-order valence-corrected chi connectivity index (χ0v) is 16.6. The molecule has 0 spiro atoms. The minimum atomic E-state index is 0.256. The molecule has 0 radical (unpaired) electrons. The number of hydrogen-bond donors (Lipinski definition) is 3. The molecule has 0 bridgehead atoms. The monoisotopic (exact) mass is 356 g/mol. The summed E-state index contributed by atoms with van der Waals surface area (Å²) in [5.41, 5.74) is 0. The number of ether oxygens (including phenoxy) is 1. The van der Waals surface area contributed by atoms with Gasteiger partial charge in [-0.15, -0.1) is 0 Å². The Bertz CT molecular complexity index is 338. The molecule has 1 heterocycles. The second-order valence-corrected chi connectivity index (χ2v) is 6.99. The topological polar surface area (TPSA) is 69.1 Å². The molecule has 1 saturated heterocycles. The number of hydrogen-bond acceptors (Lipinski definition) is 4. The van der Waals surface area contributed by atoms with Gasteiger partial charge in [0.25, 0.3) is 0 Å². The van der Waals surface area contributed by atoms with Gasteiger partial charge in [-0.25, -0.2) is 0 Å². The highest BCUT2D eigenvalue weighted by molar-refractivity contribution is 5.80. The smallest absolute Gasteiger partial charge is 0.191 e. The Morgan fingerprint density at radius 1 is 1.28 bits per heavy atom. The van der Waals surface area contributed by atoms with Crippen molar-refractivity contribution < 1.29 is 9.84 Å². The molecule has 6 nitrogen and oxygen atoms in total. The zero-order chi connectivity index (χ0) is 18.3. The van der Waals surface area contributed by atoms with Gasteiger partial charge in [0, 0.05) is 59.1 Å². The first-order valence-corrected chi connectivity index (χ1v) is 10.1. The molecule has 1 unspecified atom stereocenters. The van der Waals surface area contributed by atoms with Crippen LogP contribution in [0.25, 0.3) is 0 Å². The Balaban J connectivity index is 2.40. The van der Waals surface area contributed by atoms with E-state index in [1.54, 1.807) is 7.11 Å². The molecule has 6 heteroatoms. The first-order chi connectivity index (χ1) is 12.2. The average molecular weight is 357 g/mol. The van der Waals surface area contributed by atoms with Crippen LogP contribution in [0.1, 0.15) is 52.4 Å². The second kappa shape index (κ2) is 14.3. The molecule has 148 valence electrons. The predicted octanol–water partition coefficient (Wildman–Crippen LogP) is 1.84. The quantitative estimate of drug-likeness (QED) is 0.283. The van der Waals surface area contributed by atoms with Crippen LogP contribution in [0.3, 0.4) is 0 Å². The molecular weight excluding hydrogens is 316 g/mol. The molecule has 0 aliphatic carbocycles. The first-order valence-electron chi connectivity index (χ1n) is 10.1. The molecule has 0 aromatic carbocycles. The van der Waals surface area contributed by atoms with E-state index in [1.165, 1.54) is 0 Å². The van der Waals surface area contributed by atoms with Gasteiger partial charge in [-0.05, 0) is 44.9 Å². The lowest BCUT2D eigenvalue weighted by atomic mass is 10.0. The first kappa shape index (κ1) is 22.2. The summed E-state index contributed by atoms with van der Waals surface area (Å²) < 4.78 is 5.14. The summed E-state index contributed by atoms with van der Waals surface area (Å²) in [6, 6.07) is 0.499. The van der Waals surface area contributed by atoms with Crippen LogP contribution in [-0.4, -0.2) is 75.1 Å². The minimum Gasteiger partial charge on any atom is -0.396 e. The number of piperidine rings is 1. The molecule has 1 aliphatic heterocycles. The van der Waals surface area contributed by atoms with Crippen LogP contribution >= 0.6 is 0 Å². The summed E-state index contributed by atoms with van der Waals surface area (Å²) in [6.07, 6.45) is 6.55. The van der Waals surface area contributed by atoms with E-state index in [9.17, 15) is 5.11 Å². The fraction of sp³-hybridized carbons (Fsp3) is 0.947. The van der Waals surface area contributed by atoms with Crippen LogP contribution in [0.15, 0.2) is 4.99 Å². The van der Waals surface area contributed by atoms with E-state index >= 15 is 0 Å². The van der Waals surface area contributed by atoms with E-state index in [0.717, 1.165) is 83.8 Å². The highest BCUT2D eigenvalue weighted by Crippen LogP contribution is 2.12. The Hall–Kier alpha value is -0.850. The van der Waals surface area contributed by atoms with Gasteiger partial charge in [-0.3, -0.25) is 4.99 Å². The SMILES string of the molecule is CCCC(CCO)CN=C(NCC)NC1CCN(CCCOC)CC1. The average Bonchev–Trinajstić information content (AvgIpc) is 2.62. The van der Waals surface area contributed by atoms with E-state index in [1.807, 2.05) is 0 Å². The van der Waals surface area contributed by atoms with Gasteiger partial charge >= 0.3 is 0 Å². The van der Waals surface area contributed by atoms with Crippen molar-refractivity contribution in [1.82, 2.24) is 15.5 Å². The zero-order valence-electron chi connectivity index (χ0n) is 16.6. The number of likely N-dealkylation sites (tertiary alicyclic amines) is 1. The van der Waals surface area contributed by atoms with Gasteiger partial charge in [-0.1, -0.05) is 13.3 Å². The van der Waals surface area contributed by atoms with Crippen LogP contribution in [0, 0.1) is 5.92 Å². The number of rotatable bonds is 12. The Kier molecular flexibility index (Phi) is 12.7. The van der Waals surface area contributed by atoms with Crippen LogP contribution < -0.4 is 10.6 Å². The lowest BCUT2D eigenvalue weighted by Crippen LogP contribution is -2.49. The van der Waals surface area contributed by atoms with Crippen LogP contribution in [0.4, 0.5) is 0 Å². The van der Waals surface area contributed by atoms with E-state index in [-0.39, 0.29) is 6.61 Å². The molecule has 1 rings (SSSR count). The maximum absolute atomic E-state index is 9.20. The van der Waals surface area contributed by atoms with E-state index in [4.69, 9.17) is 9.73 Å². The summed E-state index contributed by atoms with van der Waals surface area (Å²) in [4.78, 5) is 7.31. The Morgan fingerprint density at radius 3 is 2.64 bits per heavy atom. The fourth-order valence-corrected chi connectivity index (χ4v) is 3.38. The van der Waals surface area contributed by atoms with Crippen molar-refractivity contribution in [3.05, 3.63) is 0 Å². The van der Waals surface area contributed by atoms with Gasteiger partial charge in [0.1, 0.15) is 0 Å². The third kappa shape index (κ3) is 10.0. The summed E-state index contributed by atoms with van der Waals surface area (Å²) >= 11 is 0. The third-order valence-electron chi connectivity index (χ3n) is 4.84. The van der Waals surface area contributed by atoms with E-state index in [0.29, 0.717) is 12.0 Å². The van der Waals surface area contributed by atoms with Gasteiger partial charge in [0.2, 0.25) is 0 Å².